The number of hydrogen-bond acceptors (Lipinski definition) is 6. The molecule has 4 aromatic carbocycles. The SMILES string of the molecule is COc1ccc(CC(C)NCCCCc2ccc(NC(=O)c3cccc4c(=O)c5ccccc5oc34)cc2)cc1OC. The number of aryl methyl sites for hydroxylation is 1. The third-order valence-electron chi connectivity index (χ3n) is 7.43. The zero-order chi connectivity index (χ0) is 29.5. The minimum absolute atomic E-state index is 0.145. The number of anilines is 1. The van der Waals surface area contributed by atoms with Gasteiger partial charge in [0.2, 0.25) is 5.43 Å². The van der Waals surface area contributed by atoms with Gasteiger partial charge in [-0.1, -0.05) is 36.4 Å². The predicted octanol–water partition coefficient (Wildman–Crippen LogP) is 6.76. The molecule has 1 heterocycles. The lowest BCUT2D eigenvalue weighted by atomic mass is 10.1. The molecule has 0 radical (unpaired) electrons. The first-order valence-electron chi connectivity index (χ1n) is 14.3. The molecule has 1 aromatic heterocycles. The second-order valence-electron chi connectivity index (χ2n) is 10.5. The predicted molar refractivity (Wildman–Crippen MR) is 168 cm³/mol. The van der Waals surface area contributed by atoms with Crippen LogP contribution in [0.4, 0.5) is 5.69 Å². The van der Waals surface area contributed by atoms with Gasteiger partial charge in [-0.3, -0.25) is 9.59 Å². The lowest BCUT2D eigenvalue weighted by molar-refractivity contribution is 0.102. The second kappa shape index (κ2) is 13.4. The molecule has 0 fully saturated rings. The minimum Gasteiger partial charge on any atom is -0.493 e. The molecule has 0 spiro atoms. The van der Waals surface area contributed by atoms with Gasteiger partial charge in [0.25, 0.3) is 5.91 Å². The summed E-state index contributed by atoms with van der Waals surface area (Å²) in [7, 11) is 3.30. The van der Waals surface area contributed by atoms with E-state index in [4.69, 9.17) is 13.9 Å². The van der Waals surface area contributed by atoms with E-state index in [1.807, 2.05) is 36.4 Å². The van der Waals surface area contributed by atoms with Crippen molar-refractivity contribution in [2.45, 2.75) is 38.6 Å². The van der Waals surface area contributed by atoms with Crippen LogP contribution in [-0.4, -0.2) is 32.7 Å². The average Bonchev–Trinajstić information content (AvgIpc) is 3.01. The minimum atomic E-state index is -0.319. The van der Waals surface area contributed by atoms with E-state index >= 15 is 0 Å². The highest BCUT2D eigenvalue weighted by atomic mass is 16.5. The van der Waals surface area contributed by atoms with Crippen LogP contribution in [-0.2, 0) is 12.8 Å². The Morgan fingerprint density at radius 2 is 1.57 bits per heavy atom. The molecule has 5 aromatic rings. The van der Waals surface area contributed by atoms with Crippen molar-refractivity contribution in [2.75, 3.05) is 26.1 Å². The summed E-state index contributed by atoms with van der Waals surface area (Å²) in [5.41, 5.74) is 4.05. The van der Waals surface area contributed by atoms with E-state index in [1.165, 1.54) is 11.1 Å². The lowest BCUT2D eigenvalue weighted by Gasteiger charge is -2.15. The van der Waals surface area contributed by atoms with Crippen molar-refractivity contribution >= 4 is 33.5 Å². The van der Waals surface area contributed by atoms with Crippen molar-refractivity contribution < 1.29 is 18.7 Å². The molecule has 7 nitrogen and oxygen atoms in total. The van der Waals surface area contributed by atoms with E-state index in [1.54, 1.807) is 56.7 Å². The van der Waals surface area contributed by atoms with Gasteiger partial charge in [0.05, 0.1) is 30.6 Å². The second-order valence-corrected chi connectivity index (χ2v) is 10.5. The molecule has 0 saturated carbocycles. The normalized spacial score (nSPS) is 11.9. The monoisotopic (exact) mass is 564 g/mol. The number of hydrogen-bond donors (Lipinski definition) is 2. The van der Waals surface area contributed by atoms with Crippen LogP contribution < -0.4 is 25.5 Å². The molecule has 2 N–H and O–H groups in total. The summed E-state index contributed by atoms with van der Waals surface area (Å²) in [4.78, 5) is 26.1. The van der Waals surface area contributed by atoms with E-state index in [2.05, 4.69) is 23.6 Å². The number of carbonyl (C=O) groups is 1. The fourth-order valence-corrected chi connectivity index (χ4v) is 5.19. The van der Waals surface area contributed by atoms with Gasteiger partial charge in [0, 0.05) is 11.7 Å². The smallest absolute Gasteiger partial charge is 0.259 e. The van der Waals surface area contributed by atoms with Crippen LogP contribution >= 0.6 is 0 Å². The number of amides is 1. The highest BCUT2D eigenvalue weighted by Gasteiger charge is 2.16. The zero-order valence-electron chi connectivity index (χ0n) is 24.2. The van der Waals surface area contributed by atoms with Gasteiger partial charge in [0.15, 0.2) is 17.1 Å². The Kier molecular flexibility index (Phi) is 9.19. The number of benzene rings is 4. The summed E-state index contributed by atoms with van der Waals surface area (Å²) < 4.78 is 16.7. The first kappa shape index (κ1) is 28.9. The zero-order valence-corrected chi connectivity index (χ0v) is 24.2. The summed E-state index contributed by atoms with van der Waals surface area (Å²) in [6.07, 6.45) is 4.00. The molecule has 0 bridgehead atoms. The fraction of sp³-hybridized carbons (Fsp3) is 0.257. The molecule has 5 rings (SSSR count). The molecule has 0 aliphatic heterocycles. The maximum Gasteiger partial charge on any atom is 0.259 e. The van der Waals surface area contributed by atoms with Crippen LogP contribution in [0.2, 0.25) is 0 Å². The van der Waals surface area contributed by atoms with Crippen molar-refractivity contribution in [3.8, 4) is 11.5 Å². The van der Waals surface area contributed by atoms with Crippen LogP contribution in [0.15, 0.2) is 94.1 Å². The fourth-order valence-electron chi connectivity index (χ4n) is 5.19. The molecular weight excluding hydrogens is 528 g/mol. The van der Waals surface area contributed by atoms with Crippen LogP contribution in [0, 0.1) is 0 Å². The summed E-state index contributed by atoms with van der Waals surface area (Å²) >= 11 is 0. The number of ether oxygens (including phenoxy) is 2. The topological polar surface area (TPSA) is 89.8 Å². The molecule has 216 valence electrons. The van der Waals surface area contributed by atoms with Crippen LogP contribution in [0.1, 0.15) is 41.3 Å². The largest absolute Gasteiger partial charge is 0.493 e. The Morgan fingerprint density at radius 1 is 0.833 bits per heavy atom. The average molecular weight is 565 g/mol. The molecule has 0 saturated heterocycles. The third kappa shape index (κ3) is 6.64. The molecule has 0 aliphatic carbocycles. The number of nitrogens with one attached hydrogen (secondary N) is 2. The van der Waals surface area contributed by atoms with E-state index in [0.717, 1.165) is 43.7 Å². The standard InChI is InChI=1S/C35H36N2O5/c1-23(21-25-16-19-31(40-2)32(22-25)41-3)36-20-7-6-9-24-14-17-26(18-15-24)37-35(39)29-12-8-11-28-33(38)27-10-4-5-13-30(27)42-34(28)29/h4-5,8,10-19,22-23,36H,6-7,9,20-21H2,1-3H3,(H,37,39). The van der Waals surface area contributed by atoms with Gasteiger partial charge in [-0.15, -0.1) is 0 Å². The van der Waals surface area contributed by atoms with Gasteiger partial charge >= 0.3 is 0 Å². The first-order chi connectivity index (χ1) is 20.5. The van der Waals surface area contributed by atoms with Crippen LogP contribution in [0.5, 0.6) is 11.5 Å². The Bertz CT molecular complexity index is 1740. The Balaban J connectivity index is 1.10. The molecule has 0 aliphatic rings. The van der Waals surface area contributed by atoms with Crippen molar-refractivity contribution in [3.05, 3.63) is 112 Å². The van der Waals surface area contributed by atoms with E-state index in [-0.39, 0.29) is 11.3 Å². The maximum absolute atomic E-state index is 13.1. The van der Waals surface area contributed by atoms with Gasteiger partial charge in [-0.2, -0.15) is 0 Å². The van der Waals surface area contributed by atoms with Gasteiger partial charge in [0.1, 0.15) is 5.58 Å². The number of carbonyl (C=O) groups excluding carboxylic acids is 1. The summed E-state index contributed by atoms with van der Waals surface area (Å²) in [5, 5.41) is 7.44. The van der Waals surface area contributed by atoms with Crippen molar-refractivity contribution in [2.24, 2.45) is 0 Å². The van der Waals surface area contributed by atoms with Crippen molar-refractivity contribution in [3.63, 3.8) is 0 Å². The van der Waals surface area contributed by atoms with Crippen molar-refractivity contribution in [1.29, 1.82) is 0 Å². The van der Waals surface area contributed by atoms with Crippen molar-refractivity contribution in [1.82, 2.24) is 5.32 Å². The molecule has 1 amide bonds. The number of rotatable bonds is 12. The number of para-hydroxylation sites is 2. The highest BCUT2D eigenvalue weighted by molar-refractivity contribution is 6.12. The molecule has 1 atom stereocenters. The summed E-state index contributed by atoms with van der Waals surface area (Å²) in [5.74, 6) is 1.18. The summed E-state index contributed by atoms with van der Waals surface area (Å²) in [6.45, 7) is 3.14. The highest BCUT2D eigenvalue weighted by Crippen LogP contribution is 2.28. The van der Waals surface area contributed by atoms with Crippen LogP contribution in [0.3, 0.4) is 0 Å². The van der Waals surface area contributed by atoms with E-state index < -0.39 is 0 Å². The third-order valence-corrected chi connectivity index (χ3v) is 7.43. The van der Waals surface area contributed by atoms with Crippen LogP contribution in [0.25, 0.3) is 21.9 Å². The molecule has 1 unspecified atom stereocenters. The number of unbranched alkanes of at least 4 members (excludes halogenated alkanes) is 1. The molecule has 42 heavy (non-hydrogen) atoms. The molecule has 7 heteroatoms. The Hall–Kier alpha value is -4.62. The Morgan fingerprint density at radius 3 is 2.36 bits per heavy atom. The maximum atomic E-state index is 13.1. The quantitative estimate of drug-likeness (QED) is 0.129. The van der Waals surface area contributed by atoms with E-state index in [0.29, 0.717) is 39.2 Å². The number of methoxy groups -OCH3 is 2. The van der Waals surface area contributed by atoms with E-state index in [9.17, 15) is 9.59 Å². The first-order valence-corrected chi connectivity index (χ1v) is 14.3. The lowest BCUT2D eigenvalue weighted by Crippen LogP contribution is -2.29. The number of fused-ring (bicyclic) bond motifs is 2. The Labute approximate surface area is 245 Å². The van der Waals surface area contributed by atoms with Gasteiger partial charge in [-0.25, -0.2) is 0 Å². The summed E-state index contributed by atoms with van der Waals surface area (Å²) in [6, 6.07) is 26.4. The molecular formula is C35H36N2O5. The van der Waals surface area contributed by atoms with Gasteiger partial charge < -0.3 is 24.5 Å². The van der Waals surface area contributed by atoms with Gasteiger partial charge in [-0.05, 0) is 98.8 Å².